The Kier molecular flexibility index (Phi) is 3.87. The first kappa shape index (κ1) is 15.9. The molecule has 0 saturated carbocycles. The van der Waals surface area contributed by atoms with Crippen molar-refractivity contribution in [2.24, 2.45) is 0 Å². The van der Waals surface area contributed by atoms with E-state index in [-0.39, 0.29) is 0 Å². The van der Waals surface area contributed by atoms with Gasteiger partial charge in [-0.05, 0) is 33.7 Å². The van der Waals surface area contributed by atoms with Crippen LogP contribution in [0.4, 0.5) is 0 Å². The molecule has 0 spiro atoms. The first-order chi connectivity index (χ1) is 12.7. The molecule has 26 heavy (non-hydrogen) atoms. The molecular formula is C23H15NO2. The Bertz CT molecular complexity index is 1200. The van der Waals surface area contributed by atoms with Gasteiger partial charge in [-0.25, -0.2) is 0 Å². The Hall–Kier alpha value is -3.64. The molecule has 124 valence electrons. The van der Waals surface area contributed by atoms with Crippen molar-refractivity contribution in [1.29, 1.82) is 5.26 Å². The van der Waals surface area contributed by atoms with Crippen molar-refractivity contribution >= 4 is 27.3 Å². The average Bonchev–Trinajstić information content (AvgIpc) is 2.71. The molecule has 0 unspecified atom stereocenters. The highest BCUT2D eigenvalue weighted by Crippen LogP contribution is 2.42. The normalized spacial score (nSPS) is 10.6. The van der Waals surface area contributed by atoms with Gasteiger partial charge in [0.2, 0.25) is 0 Å². The third kappa shape index (κ3) is 2.40. The molecule has 0 N–H and O–H groups in total. The quantitative estimate of drug-likeness (QED) is 0.373. The van der Waals surface area contributed by atoms with Crippen LogP contribution in [0.25, 0.3) is 32.7 Å². The molecule has 3 heteroatoms. The standard InChI is InChI=1S/C23H15NO2/c1-26-21-13-11-16-7-3-5-9-18(16)23(21)22-17-8-4-2-6-15(17)10-12-19(22)20(25)14-24/h2-13H,1H3. The number of nitriles is 1. The lowest BCUT2D eigenvalue weighted by molar-refractivity contribution is 0.105. The summed E-state index contributed by atoms with van der Waals surface area (Å²) in [6.45, 7) is 0. The second kappa shape index (κ2) is 6.34. The SMILES string of the molecule is COc1ccc2ccccc2c1-c1c(C(=O)C#N)ccc2ccccc12. The minimum absolute atomic E-state index is 0.390. The van der Waals surface area contributed by atoms with E-state index < -0.39 is 5.78 Å². The van der Waals surface area contributed by atoms with Crippen LogP contribution in [0.1, 0.15) is 10.4 Å². The Morgan fingerprint density at radius 3 is 2.00 bits per heavy atom. The van der Waals surface area contributed by atoms with Gasteiger partial charge < -0.3 is 4.74 Å². The minimum Gasteiger partial charge on any atom is -0.496 e. The summed E-state index contributed by atoms with van der Waals surface area (Å²) in [5.74, 6) is 0.118. The maximum absolute atomic E-state index is 12.4. The monoisotopic (exact) mass is 337 g/mol. The van der Waals surface area contributed by atoms with Crippen LogP contribution in [-0.2, 0) is 0 Å². The molecule has 0 aliphatic carbocycles. The van der Waals surface area contributed by atoms with Crippen LogP contribution in [0.2, 0.25) is 0 Å². The number of rotatable bonds is 3. The number of ketones is 1. The minimum atomic E-state index is -0.555. The Balaban J connectivity index is 2.24. The summed E-state index contributed by atoms with van der Waals surface area (Å²) < 4.78 is 5.63. The maximum atomic E-state index is 12.4. The lowest BCUT2D eigenvalue weighted by Gasteiger charge is -2.17. The predicted molar refractivity (Wildman–Crippen MR) is 103 cm³/mol. The zero-order valence-electron chi connectivity index (χ0n) is 14.2. The molecule has 4 aromatic carbocycles. The van der Waals surface area contributed by atoms with Gasteiger partial charge in [-0.15, -0.1) is 0 Å². The van der Waals surface area contributed by atoms with Crippen molar-refractivity contribution in [1.82, 2.24) is 0 Å². The lowest BCUT2D eigenvalue weighted by atomic mass is 9.88. The molecule has 0 amide bonds. The van der Waals surface area contributed by atoms with E-state index in [1.807, 2.05) is 66.7 Å². The van der Waals surface area contributed by atoms with Crippen molar-refractivity contribution < 1.29 is 9.53 Å². The topological polar surface area (TPSA) is 50.1 Å². The van der Waals surface area contributed by atoms with E-state index in [2.05, 4.69) is 0 Å². The van der Waals surface area contributed by atoms with Gasteiger partial charge in [0, 0.05) is 16.7 Å². The van der Waals surface area contributed by atoms with Crippen LogP contribution < -0.4 is 4.74 Å². The van der Waals surface area contributed by atoms with E-state index in [9.17, 15) is 10.1 Å². The van der Waals surface area contributed by atoms with E-state index in [1.165, 1.54) is 0 Å². The highest BCUT2D eigenvalue weighted by Gasteiger charge is 2.20. The number of Topliss-reactive ketones (excluding diaryl/α,β-unsaturated/α-hetero) is 1. The van der Waals surface area contributed by atoms with Gasteiger partial charge in [0.05, 0.1) is 7.11 Å². The summed E-state index contributed by atoms with van der Waals surface area (Å²) in [5, 5.41) is 13.2. The van der Waals surface area contributed by atoms with Crippen LogP contribution in [0.3, 0.4) is 0 Å². The van der Waals surface area contributed by atoms with Crippen LogP contribution in [0, 0.1) is 11.3 Å². The van der Waals surface area contributed by atoms with Crippen molar-refractivity contribution in [3.63, 3.8) is 0 Å². The highest BCUT2D eigenvalue weighted by atomic mass is 16.5. The summed E-state index contributed by atoms with van der Waals surface area (Å²) in [4.78, 5) is 12.4. The smallest absolute Gasteiger partial charge is 0.262 e. The van der Waals surface area contributed by atoms with E-state index in [0.717, 1.165) is 32.7 Å². The van der Waals surface area contributed by atoms with Crippen LogP contribution in [0.5, 0.6) is 5.75 Å². The third-order valence-corrected chi connectivity index (χ3v) is 4.64. The first-order valence-electron chi connectivity index (χ1n) is 8.27. The number of nitrogens with zero attached hydrogens (tertiary/aromatic N) is 1. The number of carbonyl (C=O) groups excluding carboxylic acids is 1. The first-order valence-corrected chi connectivity index (χ1v) is 8.27. The Morgan fingerprint density at radius 1 is 0.808 bits per heavy atom. The fraction of sp³-hybridized carbons (Fsp3) is 0.0435. The van der Waals surface area contributed by atoms with Gasteiger partial charge in [-0.2, -0.15) is 5.26 Å². The van der Waals surface area contributed by atoms with Crippen LogP contribution in [0.15, 0.2) is 72.8 Å². The molecule has 0 saturated heterocycles. The van der Waals surface area contributed by atoms with Crippen molar-refractivity contribution in [3.8, 4) is 22.9 Å². The zero-order valence-corrected chi connectivity index (χ0v) is 14.2. The summed E-state index contributed by atoms with van der Waals surface area (Å²) >= 11 is 0. The summed E-state index contributed by atoms with van der Waals surface area (Å²) in [6, 6.07) is 25.1. The number of hydrogen-bond acceptors (Lipinski definition) is 3. The summed E-state index contributed by atoms with van der Waals surface area (Å²) in [6.07, 6.45) is 0. The van der Waals surface area contributed by atoms with Gasteiger partial charge in [0.15, 0.2) is 0 Å². The van der Waals surface area contributed by atoms with E-state index in [1.54, 1.807) is 19.2 Å². The molecular weight excluding hydrogens is 322 g/mol. The lowest BCUT2D eigenvalue weighted by Crippen LogP contribution is -2.01. The van der Waals surface area contributed by atoms with Crippen molar-refractivity contribution in [2.45, 2.75) is 0 Å². The van der Waals surface area contributed by atoms with E-state index >= 15 is 0 Å². The second-order valence-corrected chi connectivity index (χ2v) is 6.01. The number of fused-ring (bicyclic) bond motifs is 2. The van der Waals surface area contributed by atoms with Crippen LogP contribution >= 0.6 is 0 Å². The molecule has 0 aliphatic heterocycles. The highest BCUT2D eigenvalue weighted by molar-refractivity contribution is 6.19. The molecule has 0 heterocycles. The van der Waals surface area contributed by atoms with E-state index in [4.69, 9.17) is 4.74 Å². The number of benzene rings is 4. The molecule has 4 rings (SSSR count). The summed E-state index contributed by atoms with van der Waals surface area (Å²) in [5.41, 5.74) is 1.96. The Labute approximate surface area is 151 Å². The van der Waals surface area contributed by atoms with Gasteiger partial charge in [0.1, 0.15) is 11.8 Å². The fourth-order valence-corrected chi connectivity index (χ4v) is 3.47. The number of hydrogen-bond donors (Lipinski definition) is 0. The zero-order chi connectivity index (χ0) is 18.1. The largest absolute Gasteiger partial charge is 0.496 e. The second-order valence-electron chi connectivity index (χ2n) is 6.01. The predicted octanol–water partition coefficient (Wildman–Crippen LogP) is 5.37. The molecule has 0 atom stereocenters. The molecule has 0 fully saturated rings. The van der Waals surface area contributed by atoms with Crippen molar-refractivity contribution in [2.75, 3.05) is 7.11 Å². The molecule has 3 nitrogen and oxygen atoms in total. The number of carbonyl (C=O) groups is 1. The van der Waals surface area contributed by atoms with Gasteiger partial charge in [-0.3, -0.25) is 4.79 Å². The molecule has 4 aromatic rings. The van der Waals surface area contributed by atoms with Gasteiger partial charge in [0.25, 0.3) is 5.78 Å². The molecule has 0 aromatic heterocycles. The molecule has 0 radical (unpaired) electrons. The molecule has 0 bridgehead atoms. The number of methoxy groups -OCH3 is 1. The third-order valence-electron chi connectivity index (χ3n) is 4.64. The van der Waals surface area contributed by atoms with Gasteiger partial charge >= 0.3 is 0 Å². The summed E-state index contributed by atoms with van der Waals surface area (Å²) in [7, 11) is 1.62. The molecule has 0 aliphatic rings. The van der Waals surface area contributed by atoms with Gasteiger partial charge in [-0.1, -0.05) is 60.7 Å². The van der Waals surface area contributed by atoms with E-state index in [0.29, 0.717) is 11.3 Å². The van der Waals surface area contributed by atoms with Crippen molar-refractivity contribution in [3.05, 3.63) is 78.4 Å². The number of ether oxygens (including phenoxy) is 1. The van der Waals surface area contributed by atoms with Crippen LogP contribution in [-0.4, -0.2) is 12.9 Å². The average molecular weight is 337 g/mol. The fourth-order valence-electron chi connectivity index (χ4n) is 3.47. The Morgan fingerprint density at radius 2 is 1.38 bits per heavy atom. The maximum Gasteiger partial charge on any atom is 0.262 e.